The maximum absolute atomic E-state index is 3.43. The van der Waals surface area contributed by atoms with Crippen LogP contribution in [-0.4, -0.2) is 31.1 Å². The second kappa shape index (κ2) is 5.75. The van der Waals surface area contributed by atoms with E-state index in [1.807, 2.05) is 0 Å². The lowest BCUT2D eigenvalue weighted by Crippen LogP contribution is -2.30. The highest BCUT2D eigenvalue weighted by atomic mass is 15.1. The fraction of sp³-hybridized carbons (Fsp3) is 0.625. The van der Waals surface area contributed by atoms with Crippen LogP contribution in [0.3, 0.4) is 0 Å². The van der Waals surface area contributed by atoms with Crippen molar-refractivity contribution in [1.29, 1.82) is 0 Å². The van der Waals surface area contributed by atoms with Crippen LogP contribution in [0.5, 0.6) is 0 Å². The molecule has 2 aliphatic heterocycles. The molecule has 2 nitrogen and oxygen atoms in total. The first-order chi connectivity index (χ1) is 8.92. The fourth-order valence-corrected chi connectivity index (χ4v) is 3.20. The van der Waals surface area contributed by atoms with Gasteiger partial charge >= 0.3 is 0 Å². The Morgan fingerprint density at radius 1 is 1.11 bits per heavy atom. The minimum atomic E-state index is 1.12. The SMILES string of the molecule is c1cc2c(cc1CCCN1CCCCC1)CCN2. The summed E-state index contributed by atoms with van der Waals surface area (Å²) in [5.74, 6) is 0. The zero-order valence-electron chi connectivity index (χ0n) is 11.3. The summed E-state index contributed by atoms with van der Waals surface area (Å²) in [5.41, 5.74) is 4.40. The van der Waals surface area contributed by atoms with Gasteiger partial charge in [-0.2, -0.15) is 0 Å². The average molecular weight is 244 g/mol. The van der Waals surface area contributed by atoms with Crippen molar-refractivity contribution in [2.24, 2.45) is 0 Å². The van der Waals surface area contributed by atoms with Crippen molar-refractivity contribution < 1.29 is 0 Å². The van der Waals surface area contributed by atoms with Gasteiger partial charge in [0.25, 0.3) is 0 Å². The Labute approximate surface area is 110 Å². The lowest BCUT2D eigenvalue weighted by molar-refractivity contribution is 0.226. The van der Waals surface area contributed by atoms with Gasteiger partial charge in [0.1, 0.15) is 0 Å². The standard InChI is InChI=1S/C16H24N2/c1-2-10-18(11-3-1)12-4-5-14-6-7-16-15(13-14)8-9-17-16/h6-7,13,17H,1-5,8-12H2. The molecule has 1 aromatic rings. The summed E-state index contributed by atoms with van der Waals surface area (Å²) in [7, 11) is 0. The Morgan fingerprint density at radius 2 is 2.00 bits per heavy atom. The highest BCUT2D eigenvalue weighted by molar-refractivity contribution is 5.56. The maximum atomic E-state index is 3.43. The molecule has 18 heavy (non-hydrogen) atoms. The molecular formula is C16H24N2. The van der Waals surface area contributed by atoms with Crippen molar-refractivity contribution in [3.05, 3.63) is 29.3 Å². The van der Waals surface area contributed by atoms with Crippen molar-refractivity contribution in [3.63, 3.8) is 0 Å². The number of piperidine rings is 1. The van der Waals surface area contributed by atoms with Crippen molar-refractivity contribution in [1.82, 2.24) is 4.90 Å². The molecule has 1 aromatic carbocycles. The van der Waals surface area contributed by atoms with Gasteiger partial charge in [0.2, 0.25) is 0 Å². The van der Waals surface area contributed by atoms with Gasteiger partial charge in [-0.1, -0.05) is 18.6 Å². The predicted molar refractivity (Wildman–Crippen MR) is 77.2 cm³/mol. The van der Waals surface area contributed by atoms with Gasteiger partial charge in [0.05, 0.1) is 0 Å². The molecule has 0 aliphatic carbocycles. The minimum absolute atomic E-state index is 1.12. The van der Waals surface area contributed by atoms with E-state index in [0.717, 1.165) is 6.54 Å². The third-order valence-electron chi connectivity index (χ3n) is 4.27. The smallest absolute Gasteiger partial charge is 0.0373 e. The van der Waals surface area contributed by atoms with E-state index in [4.69, 9.17) is 0 Å². The van der Waals surface area contributed by atoms with Crippen molar-refractivity contribution in [3.8, 4) is 0 Å². The molecule has 0 bridgehead atoms. The maximum Gasteiger partial charge on any atom is 0.0373 e. The van der Waals surface area contributed by atoms with Crippen LogP contribution < -0.4 is 5.32 Å². The van der Waals surface area contributed by atoms with Crippen molar-refractivity contribution in [2.75, 3.05) is 31.5 Å². The third-order valence-corrected chi connectivity index (χ3v) is 4.27. The van der Waals surface area contributed by atoms with Crippen molar-refractivity contribution >= 4 is 5.69 Å². The van der Waals surface area contributed by atoms with Crippen LogP contribution in [0.4, 0.5) is 5.69 Å². The van der Waals surface area contributed by atoms with E-state index in [0.29, 0.717) is 0 Å². The zero-order valence-corrected chi connectivity index (χ0v) is 11.3. The van der Waals surface area contributed by atoms with E-state index in [9.17, 15) is 0 Å². The first kappa shape index (κ1) is 12.0. The Hall–Kier alpha value is -1.02. The summed E-state index contributed by atoms with van der Waals surface area (Å²) in [4.78, 5) is 2.64. The number of anilines is 1. The van der Waals surface area contributed by atoms with Gasteiger partial charge in [-0.3, -0.25) is 0 Å². The Balaban J connectivity index is 1.48. The first-order valence-electron chi connectivity index (χ1n) is 7.50. The molecule has 0 saturated carbocycles. The van der Waals surface area contributed by atoms with Crippen LogP contribution in [0.1, 0.15) is 36.8 Å². The molecule has 98 valence electrons. The molecule has 2 heterocycles. The molecule has 2 heteroatoms. The average Bonchev–Trinajstić information content (AvgIpc) is 2.87. The Bertz CT molecular complexity index is 394. The van der Waals surface area contributed by atoms with Gasteiger partial charge in [-0.25, -0.2) is 0 Å². The summed E-state index contributed by atoms with van der Waals surface area (Å²) in [6.07, 6.45) is 8.01. The van der Waals surface area contributed by atoms with Gasteiger partial charge in [-0.15, -0.1) is 0 Å². The molecule has 1 saturated heterocycles. The van der Waals surface area contributed by atoms with Crippen molar-refractivity contribution in [2.45, 2.75) is 38.5 Å². The van der Waals surface area contributed by atoms with Crippen LogP contribution in [-0.2, 0) is 12.8 Å². The molecule has 1 fully saturated rings. The number of rotatable bonds is 4. The largest absolute Gasteiger partial charge is 0.384 e. The quantitative estimate of drug-likeness (QED) is 0.875. The molecule has 0 spiro atoms. The van der Waals surface area contributed by atoms with Gasteiger partial charge in [-0.05, 0) is 68.9 Å². The lowest BCUT2D eigenvalue weighted by atomic mass is 10.0. The van der Waals surface area contributed by atoms with Crippen LogP contribution in [0.25, 0.3) is 0 Å². The highest BCUT2D eigenvalue weighted by Gasteiger charge is 2.11. The molecule has 0 amide bonds. The number of nitrogens with zero attached hydrogens (tertiary/aromatic N) is 1. The molecule has 0 atom stereocenters. The number of aryl methyl sites for hydroxylation is 1. The van der Waals surface area contributed by atoms with E-state index in [1.54, 1.807) is 0 Å². The molecular weight excluding hydrogens is 220 g/mol. The Kier molecular flexibility index (Phi) is 3.84. The topological polar surface area (TPSA) is 15.3 Å². The van der Waals surface area contributed by atoms with E-state index in [2.05, 4.69) is 28.4 Å². The molecule has 1 N–H and O–H groups in total. The minimum Gasteiger partial charge on any atom is -0.384 e. The third kappa shape index (κ3) is 2.86. The second-order valence-corrected chi connectivity index (χ2v) is 5.67. The van der Waals surface area contributed by atoms with E-state index in [1.165, 1.54) is 75.0 Å². The van der Waals surface area contributed by atoms with E-state index < -0.39 is 0 Å². The summed E-state index contributed by atoms with van der Waals surface area (Å²) >= 11 is 0. The van der Waals surface area contributed by atoms with Gasteiger partial charge in [0, 0.05) is 12.2 Å². The molecule has 2 aliphatic rings. The number of nitrogens with one attached hydrogen (secondary N) is 1. The number of hydrogen-bond acceptors (Lipinski definition) is 2. The van der Waals surface area contributed by atoms with Gasteiger partial charge in [0.15, 0.2) is 0 Å². The number of benzene rings is 1. The van der Waals surface area contributed by atoms with Crippen LogP contribution in [0.2, 0.25) is 0 Å². The van der Waals surface area contributed by atoms with Crippen LogP contribution >= 0.6 is 0 Å². The second-order valence-electron chi connectivity index (χ2n) is 5.67. The highest BCUT2D eigenvalue weighted by Crippen LogP contribution is 2.23. The number of likely N-dealkylation sites (tertiary alicyclic amines) is 1. The Morgan fingerprint density at radius 3 is 2.89 bits per heavy atom. The number of hydrogen-bond donors (Lipinski definition) is 1. The molecule has 0 aromatic heterocycles. The first-order valence-corrected chi connectivity index (χ1v) is 7.50. The monoisotopic (exact) mass is 244 g/mol. The normalized spacial score (nSPS) is 19.6. The summed E-state index contributed by atoms with van der Waals surface area (Å²) < 4.78 is 0. The zero-order chi connectivity index (χ0) is 12.2. The summed E-state index contributed by atoms with van der Waals surface area (Å²) in [5, 5.41) is 3.43. The summed E-state index contributed by atoms with van der Waals surface area (Å²) in [6, 6.07) is 6.97. The van der Waals surface area contributed by atoms with Crippen LogP contribution in [0.15, 0.2) is 18.2 Å². The van der Waals surface area contributed by atoms with Crippen LogP contribution in [0, 0.1) is 0 Å². The lowest BCUT2D eigenvalue weighted by Gasteiger charge is -2.26. The van der Waals surface area contributed by atoms with Gasteiger partial charge < -0.3 is 10.2 Å². The fourth-order valence-electron chi connectivity index (χ4n) is 3.20. The van der Waals surface area contributed by atoms with E-state index in [-0.39, 0.29) is 0 Å². The number of fused-ring (bicyclic) bond motifs is 1. The molecule has 0 radical (unpaired) electrons. The summed E-state index contributed by atoms with van der Waals surface area (Å²) in [6.45, 7) is 5.06. The molecule has 3 rings (SSSR count). The predicted octanol–water partition coefficient (Wildman–Crippen LogP) is 3.07. The van der Waals surface area contributed by atoms with E-state index >= 15 is 0 Å². The molecule has 0 unspecified atom stereocenters.